The van der Waals surface area contributed by atoms with Gasteiger partial charge in [-0.3, -0.25) is 4.79 Å². The van der Waals surface area contributed by atoms with Crippen LogP contribution in [0, 0.1) is 0 Å². The van der Waals surface area contributed by atoms with Crippen LogP contribution < -0.4 is 14.2 Å². The van der Waals surface area contributed by atoms with Gasteiger partial charge in [0.05, 0.1) is 26.9 Å². The summed E-state index contributed by atoms with van der Waals surface area (Å²) in [6.07, 6.45) is 0. The van der Waals surface area contributed by atoms with E-state index in [9.17, 15) is 9.59 Å². The summed E-state index contributed by atoms with van der Waals surface area (Å²) in [5.41, 5.74) is 2.86. The molecule has 0 N–H and O–H groups in total. The van der Waals surface area contributed by atoms with Crippen LogP contribution in [-0.4, -0.2) is 33.1 Å². The van der Waals surface area contributed by atoms with Gasteiger partial charge in [-0.1, -0.05) is 42.5 Å². The van der Waals surface area contributed by atoms with Gasteiger partial charge >= 0.3 is 5.97 Å². The van der Waals surface area contributed by atoms with Crippen LogP contribution in [0.3, 0.4) is 0 Å². The second kappa shape index (κ2) is 9.80. The highest BCUT2D eigenvalue weighted by Crippen LogP contribution is 2.42. The first-order valence-corrected chi connectivity index (χ1v) is 9.65. The summed E-state index contributed by atoms with van der Waals surface area (Å²) in [7, 11) is 4.37. The number of carbonyl (C=O) groups is 2. The van der Waals surface area contributed by atoms with E-state index in [1.807, 2.05) is 30.3 Å². The Morgan fingerprint density at radius 1 is 0.774 bits per heavy atom. The Hall–Kier alpha value is -3.80. The molecule has 0 amide bonds. The molecule has 0 spiro atoms. The average molecular weight is 420 g/mol. The zero-order valence-electron chi connectivity index (χ0n) is 17.9. The number of methoxy groups -OCH3 is 3. The summed E-state index contributed by atoms with van der Waals surface area (Å²) in [5.74, 6) is 0.782. The molecule has 3 rings (SSSR count). The molecule has 3 aromatic rings. The van der Waals surface area contributed by atoms with Crippen molar-refractivity contribution in [3.63, 3.8) is 0 Å². The van der Waals surface area contributed by atoms with Gasteiger partial charge in [0.15, 0.2) is 17.3 Å². The lowest BCUT2D eigenvalue weighted by atomic mass is 9.95. The van der Waals surface area contributed by atoms with Crippen molar-refractivity contribution in [2.45, 2.75) is 13.5 Å². The lowest BCUT2D eigenvalue weighted by Crippen LogP contribution is -2.07. The molecule has 0 saturated carbocycles. The van der Waals surface area contributed by atoms with E-state index in [4.69, 9.17) is 18.9 Å². The lowest BCUT2D eigenvalue weighted by Gasteiger charge is -2.17. The zero-order valence-corrected chi connectivity index (χ0v) is 17.9. The molecule has 0 fully saturated rings. The van der Waals surface area contributed by atoms with Crippen molar-refractivity contribution in [2.24, 2.45) is 0 Å². The largest absolute Gasteiger partial charge is 0.496 e. The Morgan fingerprint density at radius 3 is 2.10 bits per heavy atom. The molecule has 0 aliphatic heterocycles. The van der Waals surface area contributed by atoms with E-state index in [0.29, 0.717) is 40.5 Å². The van der Waals surface area contributed by atoms with Crippen molar-refractivity contribution in [2.75, 3.05) is 21.3 Å². The maximum absolute atomic E-state index is 12.4. The van der Waals surface area contributed by atoms with Crippen molar-refractivity contribution < 1.29 is 28.5 Å². The predicted octanol–water partition coefficient (Wildman–Crippen LogP) is 4.94. The highest BCUT2D eigenvalue weighted by molar-refractivity contribution is 6.02. The van der Waals surface area contributed by atoms with E-state index in [1.165, 1.54) is 27.2 Å². The standard InChI is InChI=1S/C25H24O6/c1-16(26)18-10-11-19(21(12-18)25(27)30-4)20-13-23(29-3)24(14-22(20)28-2)31-15-17-8-6-5-7-9-17/h5-14H,15H2,1-4H3. The third-order valence-corrected chi connectivity index (χ3v) is 4.84. The van der Waals surface area contributed by atoms with Crippen LogP contribution in [0.1, 0.15) is 33.2 Å². The molecule has 0 aliphatic rings. The van der Waals surface area contributed by atoms with Crippen molar-refractivity contribution in [1.29, 1.82) is 0 Å². The highest BCUT2D eigenvalue weighted by Gasteiger charge is 2.21. The molecule has 0 saturated heterocycles. The number of hydrogen-bond acceptors (Lipinski definition) is 6. The monoisotopic (exact) mass is 420 g/mol. The molecule has 3 aromatic carbocycles. The summed E-state index contributed by atoms with van der Waals surface area (Å²) in [6.45, 7) is 1.80. The van der Waals surface area contributed by atoms with Crippen molar-refractivity contribution in [3.05, 3.63) is 77.4 Å². The minimum absolute atomic E-state index is 0.147. The maximum Gasteiger partial charge on any atom is 0.338 e. The lowest BCUT2D eigenvalue weighted by molar-refractivity contribution is 0.0601. The van der Waals surface area contributed by atoms with Crippen LogP contribution in [0.25, 0.3) is 11.1 Å². The normalized spacial score (nSPS) is 10.3. The topological polar surface area (TPSA) is 71.1 Å². The molecule has 6 heteroatoms. The Bertz CT molecular complexity index is 1090. The molecule has 0 atom stereocenters. The summed E-state index contributed by atoms with van der Waals surface area (Å²) in [6, 6.07) is 18.1. The first-order valence-electron chi connectivity index (χ1n) is 9.65. The van der Waals surface area contributed by atoms with Crippen LogP contribution in [0.5, 0.6) is 17.2 Å². The molecule has 0 aromatic heterocycles. The Balaban J connectivity index is 2.07. The highest BCUT2D eigenvalue weighted by atomic mass is 16.5. The summed E-state index contributed by atoms with van der Waals surface area (Å²) < 4.78 is 22.0. The third-order valence-electron chi connectivity index (χ3n) is 4.84. The molecule has 0 aliphatic carbocycles. The molecule has 0 bridgehead atoms. The Kier molecular flexibility index (Phi) is 6.92. The van der Waals surface area contributed by atoms with E-state index in [1.54, 1.807) is 31.4 Å². The second-order valence-electron chi connectivity index (χ2n) is 6.79. The van der Waals surface area contributed by atoms with Gasteiger partial charge in [-0.15, -0.1) is 0 Å². The van der Waals surface area contributed by atoms with Gasteiger partial charge in [0, 0.05) is 22.8 Å². The molecule has 31 heavy (non-hydrogen) atoms. The zero-order chi connectivity index (χ0) is 22.4. The number of carbonyl (C=O) groups excluding carboxylic acids is 2. The van der Waals surface area contributed by atoms with Crippen molar-refractivity contribution in [3.8, 4) is 28.4 Å². The fourth-order valence-electron chi connectivity index (χ4n) is 3.21. The fourth-order valence-corrected chi connectivity index (χ4v) is 3.21. The van der Waals surface area contributed by atoms with Gasteiger partial charge in [-0.2, -0.15) is 0 Å². The summed E-state index contributed by atoms with van der Waals surface area (Å²) in [5, 5.41) is 0. The first kappa shape index (κ1) is 21.9. The fraction of sp³-hybridized carbons (Fsp3) is 0.200. The van der Waals surface area contributed by atoms with E-state index in [-0.39, 0.29) is 11.3 Å². The quantitative estimate of drug-likeness (QED) is 0.380. The number of ketones is 1. The molecule has 6 nitrogen and oxygen atoms in total. The Labute approximate surface area is 181 Å². The third kappa shape index (κ3) is 4.86. The van der Waals surface area contributed by atoms with E-state index in [0.717, 1.165) is 5.56 Å². The molecule has 160 valence electrons. The molecular weight excluding hydrogens is 396 g/mol. The average Bonchev–Trinajstić information content (AvgIpc) is 2.81. The van der Waals surface area contributed by atoms with Crippen LogP contribution in [-0.2, 0) is 11.3 Å². The minimum atomic E-state index is -0.552. The molecule has 0 unspecified atom stereocenters. The molecular formula is C25H24O6. The number of ether oxygens (including phenoxy) is 4. The number of benzene rings is 3. The summed E-state index contributed by atoms with van der Waals surface area (Å²) in [4.78, 5) is 24.2. The number of esters is 1. The predicted molar refractivity (Wildman–Crippen MR) is 117 cm³/mol. The van der Waals surface area contributed by atoms with Crippen LogP contribution in [0.4, 0.5) is 0 Å². The van der Waals surface area contributed by atoms with Crippen molar-refractivity contribution >= 4 is 11.8 Å². The maximum atomic E-state index is 12.4. The van der Waals surface area contributed by atoms with E-state index < -0.39 is 5.97 Å². The van der Waals surface area contributed by atoms with Gasteiger partial charge in [-0.25, -0.2) is 4.79 Å². The van der Waals surface area contributed by atoms with Crippen LogP contribution in [0.2, 0.25) is 0 Å². The molecule has 0 radical (unpaired) electrons. The first-order chi connectivity index (χ1) is 15.0. The minimum Gasteiger partial charge on any atom is -0.496 e. The van der Waals surface area contributed by atoms with Crippen molar-refractivity contribution in [1.82, 2.24) is 0 Å². The Morgan fingerprint density at radius 2 is 1.48 bits per heavy atom. The van der Waals surface area contributed by atoms with Gasteiger partial charge < -0.3 is 18.9 Å². The molecule has 0 heterocycles. The summed E-state index contributed by atoms with van der Waals surface area (Å²) >= 11 is 0. The van der Waals surface area contributed by atoms with Crippen LogP contribution in [0.15, 0.2) is 60.7 Å². The number of hydrogen-bond donors (Lipinski definition) is 0. The van der Waals surface area contributed by atoms with Gasteiger partial charge in [0.25, 0.3) is 0 Å². The number of Topliss-reactive ketones (excluding diaryl/α,β-unsaturated/α-hetero) is 1. The smallest absolute Gasteiger partial charge is 0.338 e. The van der Waals surface area contributed by atoms with Gasteiger partial charge in [0.2, 0.25) is 0 Å². The SMILES string of the molecule is COC(=O)c1cc(C(C)=O)ccc1-c1cc(OC)c(OCc2ccccc2)cc1OC. The second-order valence-corrected chi connectivity index (χ2v) is 6.79. The van der Waals surface area contributed by atoms with E-state index in [2.05, 4.69) is 0 Å². The van der Waals surface area contributed by atoms with E-state index >= 15 is 0 Å². The van der Waals surface area contributed by atoms with Gasteiger partial charge in [-0.05, 0) is 24.6 Å². The number of rotatable bonds is 8. The van der Waals surface area contributed by atoms with Gasteiger partial charge in [0.1, 0.15) is 12.4 Å². The van der Waals surface area contributed by atoms with Crippen LogP contribution >= 0.6 is 0 Å².